The number of halogens is 2. The lowest BCUT2D eigenvalue weighted by atomic mass is 9.91. The molecule has 1 saturated heterocycles. The molecule has 1 aromatic carbocycles. The van der Waals surface area contributed by atoms with Gasteiger partial charge >= 0.3 is 12.0 Å². The minimum atomic E-state index is -0.882. The first-order valence-corrected chi connectivity index (χ1v) is 7.89. The molecule has 0 aromatic heterocycles. The van der Waals surface area contributed by atoms with Crippen LogP contribution < -0.4 is 5.32 Å². The minimum Gasteiger partial charge on any atom is -0.481 e. The molecule has 7 heteroatoms. The highest BCUT2D eigenvalue weighted by Gasteiger charge is 2.32. The van der Waals surface area contributed by atoms with Gasteiger partial charge in [-0.2, -0.15) is 0 Å². The van der Waals surface area contributed by atoms with Gasteiger partial charge in [0.25, 0.3) is 0 Å². The largest absolute Gasteiger partial charge is 0.481 e. The normalized spacial score (nSPS) is 22.5. The number of carboxylic acids is 1. The fourth-order valence-electron chi connectivity index (χ4n) is 2.84. The predicted molar refractivity (Wildman–Crippen MR) is 84.8 cm³/mol. The first kappa shape index (κ1) is 17.5. The maximum absolute atomic E-state index is 13.2. The third-order valence-electron chi connectivity index (χ3n) is 4.08. The summed E-state index contributed by atoms with van der Waals surface area (Å²) in [6, 6.07) is 3.60. The lowest BCUT2D eigenvalue weighted by Crippen LogP contribution is -2.49. The molecule has 0 saturated carbocycles. The standard InChI is InChI=1S/C16H20ClFN2O3/c1-9-5-12(15(21)22)8-20(7-9)16(23)19-10(2)11-3-4-14(18)13(17)6-11/h3-4,6,9-10,12H,5,7-8H2,1-2H3,(H,19,23)(H,21,22). The molecule has 0 radical (unpaired) electrons. The van der Waals surface area contributed by atoms with E-state index in [2.05, 4.69) is 5.32 Å². The van der Waals surface area contributed by atoms with E-state index in [9.17, 15) is 14.0 Å². The number of aliphatic carboxylic acids is 1. The molecule has 3 unspecified atom stereocenters. The molecule has 1 aliphatic rings. The Bertz CT molecular complexity index is 611. The number of rotatable bonds is 3. The molecular weight excluding hydrogens is 323 g/mol. The molecule has 126 valence electrons. The Hall–Kier alpha value is -1.82. The van der Waals surface area contributed by atoms with Crippen molar-refractivity contribution < 1.29 is 19.1 Å². The molecule has 1 aliphatic heterocycles. The van der Waals surface area contributed by atoms with Gasteiger partial charge < -0.3 is 15.3 Å². The number of amides is 2. The Labute approximate surface area is 139 Å². The van der Waals surface area contributed by atoms with Crippen molar-refractivity contribution in [3.63, 3.8) is 0 Å². The Morgan fingerprint density at radius 3 is 2.74 bits per heavy atom. The molecule has 1 heterocycles. The number of hydrogen-bond donors (Lipinski definition) is 2. The highest BCUT2D eigenvalue weighted by atomic mass is 35.5. The minimum absolute atomic E-state index is 0.00105. The molecule has 0 bridgehead atoms. The van der Waals surface area contributed by atoms with Crippen LogP contribution >= 0.6 is 11.6 Å². The summed E-state index contributed by atoms with van der Waals surface area (Å²) >= 11 is 5.75. The number of piperidine rings is 1. The van der Waals surface area contributed by atoms with E-state index in [1.807, 2.05) is 6.92 Å². The molecule has 3 atom stereocenters. The van der Waals surface area contributed by atoms with Gasteiger partial charge in [-0.05, 0) is 37.0 Å². The quantitative estimate of drug-likeness (QED) is 0.885. The predicted octanol–water partition coefficient (Wildman–Crippen LogP) is 3.29. The fourth-order valence-corrected chi connectivity index (χ4v) is 3.03. The van der Waals surface area contributed by atoms with Crippen LogP contribution in [0.3, 0.4) is 0 Å². The van der Waals surface area contributed by atoms with E-state index in [-0.39, 0.29) is 29.6 Å². The number of likely N-dealkylation sites (tertiary alicyclic amines) is 1. The number of nitrogens with zero attached hydrogens (tertiary/aromatic N) is 1. The number of urea groups is 1. The number of carboxylic acid groups (broad SMARTS) is 1. The summed E-state index contributed by atoms with van der Waals surface area (Å²) in [5.74, 6) is -1.80. The average Bonchev–Trinajstić information content (AvgIpc) is 2.49. The van der Waals surface area contributed by atoms with E-state index in [0.717, 1.165) is 0 Å². The van der Waals surface area contributed by atoms with Crippen molar-refractivity contribution in [3.05, 3.63) is 34.6 Å². The first-order valence-electron chi connectivity index (χ1n) is 7.51. The van der Waals surface area contributed by atoms with Gasteiger partial charge in [-0.15, -0.1) is 0 Å². The topological polar surface area (TPSA) is 69.6 Å². The van der Waals surface area contributed by atoms with Crippen LogP contribution in [0.25, 0.3) is 0 Å². The number of hydrogen-bond acceptors (Lipinski definition) is 2. The van der Waals surface area contributed by atoms with Crippen molar-refractivity contribution >= 4 is 23.6 Å². The highest BCUT2D eigenvalue weighted by Crippen LogP contribution is 2.24. The molecule has 2 amide bonds. The van der Waals surface area contributed by atoms with Gasteiger partial charge in [0.15, 0.2) is 0 Å². The van der Waals surface area contributed by atoms with Crippen molar-refractivity contribution in [1.29, 1.82) is 0 Å². The molecular formula is C16H20ClFN2O3. The summed E-state index contributed by atoms with van der Waals surface area (Å²) in [7, 11) is 0. The second-order valence-corrected chi connectivity index (χ2v) is 6.53. The van der Waals surface area contributed by atoms with Crippen molar-refractivity contribution in [1.82, 2.24) is 10.2 Å². The van der Waals surface area contributed by atoms with Crippen LogP contribution in [-0.4, -0.2) is 35.1 Å². The van der Waals surface area contributed by atoms with Gasteiger partial charge in [0, 0.05) is 13.1 Å². The molecule has 1 fully saturated rings. The first-order chi connectivity index (χ1) is 10.8. The fraction of sp³-hybridized carbons (Fsp3) is 0.500. The van der Waals surface area contributed by atoms with Crippen LogP contribution in [0.2, 0.25) is 5.02 Å². The van der Waals surface area contributed by atoms with Crippen molar-refractivity contribution in [2.75, 3.05) is 13.1 Å². The summed E-state index contributed by atoms with van der Waals surface area (Å²) in [4.78, 5) is 25.1. The maximum Gasteiger partial charge on any atom is 0.317 e. The van der Waals surface area contributed by atoms with Crippen LogP contribution in [0.1, 0.15) is 31.9 Å². The third kappa shape index (κ3) is 4.34. The molecule has 2 N–H and O–H groups in total. The van der Waals surface area contributed by atoms with E-state index in [1.54, 1.807) is 13.0 Å². The van der Waals surface area contributed by atoms with Crippen LogP contribution in [-0.2, 0) is 4.79 Å². The number of carbonyl (C=O) groups is 2. The van der Waals surface area contributed by atoms with Gasteiger partial charge in [-0.1, -0.05) is 24.6 Å². The summed E-state index contributed by atoms with van der Waals surface area (Å²) < 4.78 is 13.2. The van der Waals surface area contributed by atoms with Gasteiger partial charge in [-0.25, -0.2) is 9.18 Å². The van der Waals surface area contributed by atoms with E-state index < -0.39 is 17.7 Å². The zero-order valence-electron chi connectivity index (χ0n) is 13.1. The van der Waals surface area contributed by atoms with E-state index in [1.165, 1.54) is 17.0 Å². The molecule has 5 nitrogen and oxygen atoms in total. The molecule has 1 aromatic rings. The van der Waals surface area contributed by atoms with Gasteiger partial charge in [0.1, 0.15) is 5.82 Å². The summed E-state index contributed by atoms with van der Waals surface area (Å²) in [6.07, 6.45) is 0.572. The SMILES string of the molecule is CC1CC(C(=O)O)CN(C(=O)NC(C)c2ccc(F)c(Cl)c2)C1. The molecule has 0 aliphatic carbocycles. The Balaban J connectivity index is 2.02. The van der Waals surface area contributed by atoms with Crippen LogP contribution in [0.15, 0.2) is 18.2 Å². The average molecular weight is 343 g/mol. The summed E-state index contributed by atoms with van der Waals surface area (Å²) in [6.45, 7) is 4.41. The molecule has 2 rings (SSSR count). The smallest absolute Gasteiger partial charge is 0.317 e. The van der Waals surface area contributed by atoms with Crippen molar-refractivity contribution in [2.45, 2.75) is 26.3 Å². The van der Waals surface area contributed by atoms with Crippen molar-refractivity contribution in [3.8, 4) is 0 Å². The highest BCUT2D eigenvalue weighted by molar-refractivity contribution is 6.30. The lowest BCUT2D eigenvalue weighted by molar-refractivity contribution is -0.143. The van der Waals surface area contributed by atoms with E-state index in [0.29, 0.717) is 18.5 Å². The Morgan fingerprint density at radius 1 is 1.43 bits per heavy atom. The van der Waals surface area contributed by atoms with Crippen LogP contribution in [0, 0.1) is 17.7 Å². The van der Waals surface area contributed by atoms with Crippen molar-refractivity contribution in [2.24, 2.45) is 11.8 Å². The monoisotopic (exact) mass is 342 g/mol. The Morgan fingerprint density at radius 2 is 2.13 bits per heavy atom. The van der Waals surface area contributed by atoms with Crippen LogP contribution in [0.4, 0.5) is 9.18 Å². The molecule has 23 heavy (non-hydrogen) atoms. The number of benzene rings is 1. The zero-order chi connectivity index (χ0) is 17.1. The zero-order valence-corrected chi connectivity index (χ0v) is 13.8. The van der Waals surface area contributed by atoms with Gasteiger partial charge in [0.05, 0.1) is 17.0 Å². The Kier molecular flexibility index (Phi) is 5.46. The van der Waals surface area contributed by atoms with Gasteiger partial charge in [0.2, 0.25) is 0 Å². The summed E-state index contributed by atoms with van der Waals surface area (Å²) in [5.41, 5.74) is 0.685. The van der Waals surface area contributed by atoms with Crippen LogP contribution in [0.5, 0.6) is 0 Å². The maximum atomic E-state index is 13.2. The van der Waals surface area contributed by atoms with E-state index >= 15 is 0 Å². The number of carbonyl (C=O) groups excluding carboxylic acids is 1. The van der Waals surface area contributed by atoms with E-state index in [4.69, 9.17) is 16.7 Å². The third-order valence-corrected chi connectivity index (χ3v) is 4.37. The molecule has 0 spiro atoms. The second kappa shape index (κ2) is 7.17. The van der Waals surface area contributed by atoms with Gasteiger partial charge in [-0.3, -0.25) is 4.79 Å². The lowest BCUT2D eigenvalue weighted by Gasteiger charge is -2.35. The number of nitrogens with one attached hydrogen (secondary N) is 1. The second-order valence-electron chi connectivity index (χ2n) is 6.13. The summed E-state index contributed by atoms with van der Waals surface area (Å²) in [5, 5.41) is 12.0.